The Morgan fingerprint density at radius 3 is 2.32 bits per heavy atom. The van der Waals surface area contributed by atoms with Gasteiger partial charge in [-0.1, -0.05) is 30.3 Å². The van der Waals surface area contributed by atoms with E-state index in [1.807, 2.05) is 18.2 Å². The number of anilines is 2. The van der Waals surface area contributed by atoms with Gasteiger partial charge in [0.15, 0.2) is 0 Å². The van der Waals surface area contributed by atoms with Crippen LogP contribution in [0, 0.1) is 0 Å². The summed E-state index contributed by atoms with van der Waals surface area (Å²) >= 11 is 1.53. The Morgan fingerprint density at radius 2 is 1.65 bits per heavy atom. The highest BCUT2D eigenvalue weighted by atomic mass is 32.2. The summed E-state index contributed by atoms with van der Waals surface area (Å²) in [7, 11) is -3.75. The molecule has 3 aromatic carbocycles. The van der Waals surface area contributed by atoms with Gasteiger partial charge in [-0.3, -0.25) is 14.3 Å². The minimum absolute atomic E-state index is 0.0395. The first-order valence-electron chi connectivity index (χ1n) is 11.4. The van der Waals surface area contributed by atoms with Crippen LogP contribution in [0.15, 0.2) is 107 Å². The summed E-state index contributed by atoms with van der Waals surface area (Å²) in [6.07, 6.45) is 1.58. The van der Waals surface area contributed by atoms with Crippen molar-refractivity contribution in [2.75, 3.05) is 15.8 Å². The molecule has 8 nitrogen and oxygen atoms in total. The quantitative estimate of drug-likeness (QED) is 0.326. The molecule has 10 heteroatoms. The number of amides is 2. The molecule has 188 valence electrons. The largest absolute Gasteiger partial charge is 0.467 e. The molecule has 2 heterocycles. The number of para-hydroxylation sites is 1. The van der Waals surface area contributed by atoms with E-state index in [1.165, 1.54) is 23.9 Å². The van der Waals surface area contributed by atoms with Gasteiger partial charge >= 0.3 is 0 Å². The Balaban J connectivity index is 1.23. The second-order valence-corrected chi connectivity index (χ2v) is 11.1. The van der Waals surface area contributed by atoms with E-state index in [4.69, 9.17) is 4.42 Å². The topological polar surface area (TPSA) is 109 Å². The zero-order valence-electron chi connectivity index (χ0n) is 19.5. The van der Waals surface area contributed by atoms with Crippen molar-refractivity contribution in [2.45, 2.75) is 16.8 Å². The minimum Gasteiger partial charge on any atom is -0.467 e. The molecule has 1 atom stereocenters. The molecule has 1 saturated heterocycles. The monoisotopic (exact) mass is 533 g/mol. The molecule has 2 amide bonds. The van der Waals surface area contributed by atoms with Crippen LogP contribution < -0.4 is 10.0 Å². The molecule has 1 fully saturated rings. The highest BCUT2D eigenvalue weighted by Gasteiger charge is 2.33. The van der Waals surface area contributed by atoms with Crippen LogP contribution >= 0.6 is 11.8 Å². The van der Waals surface area contributed by atoms with Gasteiger partial charge < -0.3 is 14.6 Å². The Labute approximate surface area is 218 Å². The fourth-order valence-corrected chi connectivity index (χ4v) is 6.16. The van der Waals surface area contributed by atoms with E-state index in [-0.39, 0.29) is 22.1 Å². The van der Waals surface area contributed by atoms with Crippen LogP contribution in [0.4, 0.5) is 11.4 Å². The van der Waals surface area contributed by atoms with E-state index in [1.54, 1.807) is 71.8 Å². The molecule has 37 heavy (non-hydrogen) atoms. The van der Waals surface area contributed by atoms with Gasteiger partial charge in [-0.15, -0.1) is 11.8 Å². The number of carbonyl (C=O) groups is 2. The number of nitrogens with one attached hydrogen (secondary N) is 2. The normalized spacial score (nSPS) is 15.5. The summed E-state index contributed by atoms with van der Waals surface area (Å²) in [5, 5.41) is 2.63. The Bertz CT molecular complexity index is 1490. The fourth-order valence-electron chi connectivity index (χ4n) is 3.91. The van der Waals surface area contributed by atoms with Crippen LogP contribution in [0.1, 0.15) is 27.1 Å². The van der Waals surface area contributed by atoms with Crippen molar-refractivity contribution in [3.8, 4) is 0 Å². The molecule has 4 aromatic rings. The number of carbonyl (C=O) groups excluding carboxylic acids is 2. The molecule has 1 aliphatic rings. The van der Waals surface area contributed by atoms with Crippen molar-refractivity contribution in [1.29, 1.82) is 0 Å². The number of nitrogens with zero attached hydrogens (tertiary/aromatic N) is 1. The molecule has 0 saturated carbocycles. The van der Waals surface area contributed by atoms with Crippen molar-refractivity contribution in [3.05, 3.63) is 114 Å². The van der Waals surface area contributed by atoms with Gasteiger partial charge in [0.1, 0.15) is 11.1 Å². The smallest absolute Gasteiger partial charge is 0.261 e. The van der Waals surface area contributed by atoms with E-state index >= 15 is 0 Å². The highest BCUT2D eigenvalue weighted by Crippen LogP contribution is 2.39. The summed E-state index contributed by atoms with van der Waals surface area (Å²) in [5.41, 5.74) is 2.29. The summed E-state index contributed by atoms with van der Waals surface area (Å²) in [4.78, 5) is 27.0. The van der Waals surface area contributed by atoms with E-state index in [9.17, 15) is 18.0 Å². The first kappa shape index (κ1) is 24.7. The lowest BCUT2D eigenvalue weighted by molar-refractivity contribution is -0.128. The van der Waals surface area contributed by atoms with E-state index < -0.39 is 10.0 Å². The molecule has 5 rings (SSSR count). The molecule has 0 aliphatic carbocycles. The van der Waals surface area contributed by atoms with Gasteiger partial charge in [0.05, 0.1) is 23.5 Å². The Morgan fingerprint density at radius 1 is 0.919 bits per heavy atom. The molecule has 1 aromatic heterocycles. The van der Waals surface area contributed by atoms with Crippen molar-refractivity contribution < 1.29 is 22.4 Å². The minimum atomic E-state index is -3.75. The summed E-state index contributed by atoms with van der Waals surface area (Å²) in [5.74, 6) is 0.816. The predicted molar refractivity (Wildman–Crippen MR) is 143 cm³/mol. The highest BCUT2D eigenvalue weighted by molar-refractivity contribution is 8.00. The molecule has 0 bridgehead atoms. The second kappa shape index (κ2) is 10.5. The second-order valence-electron chi connectivity index (χ2n) is 8.34. The maximum absolute atomic E-state index is 12.8. The third-order valence-corrected chi connectivity index (χ3v) is 8.43. The van der Waals surface area contributed by atoms with E-state index in [0.717, 1.165) is 5.56 Å². The first-order valence-corrected chi connectivity index (χ1v) is 13.9. The van der Waals surface area contributed by atoms with Gasteiger partial charge in [0.2, 0.25) is 5.91 Å². The third kappa shape index (κ3) is 5.71. The van der Waals surface area contributed by atoms with Crippen molar-refractivity contribution in [3.63, 3.8) is 0 Å². The average Bonchev–Trinajstić information content (AvgIpc) is 3.55. The number of hydrogen-bond acceptors (Lipinski definition) is 6. The van der Waals surface area contributed by atoms with Crippen LogP contribution in [0.3, 0.4) is 0 Å². The van der Waals surface area contributed by atoms with Crippen LogP contribution in [-0.2, 0) is 21.4 Å². The number of benzene rings is 3. The number of hydrogen-bond donors (Lipinski definition) is 2. The van der Waals surface area contributed by atoms with Gasteiger partial charge in [-0.25, -0.2) is 8.42 Å². The zero-order chi connectivity index (χ0) is 25.8. The number of sulfonamides is 1. The maximum Gasteiger partial charge on any atom is 0.261 e. The molecule has 0 unspecified atom stereocenters. The number of furan rings is 1. The zero-order valence-corrected chi connectivity index (χ0v) is 21.2. The molecule has 0 spiro atoms. The van der Waals surface area contributed by atoms with Crippen LogP contribution in [0.5, 0.6) is 0 Å². The van der Waals surface area contributed by atoms with E-state index in [0.29, 0.717) is 35.0 Å². The summed E-state index contributed by atoms with van der Waals surface area (Å²) in [6.45, 7) is 0.387. The van der Waals surface area contributed by atoms with Gasteiger partial charge in [0, 0.05) is 16.9 Å². The van der Waals surface area contributed by atoms with Crippen LogP contribution in [0.2, 0.25) is 0 Å². The SMILES string of the molecule is O=C(Nc1ccc(S(=O)(=O)Nc2ccccc2)cc1)c1ccc([C@@H]2SCC(=O)N2Cc2ccco2)cc1. The Kier molecular flexibility index (Phi) is 7.02. The molecule has 1 aliphatic heterocycles. The van der Waals surface area contributed by atoms with Crippen molar-refractivity contribution >= 4 is 45.0 Å². The standard InChI is InChI=1S/C27H23N3O5S2/c31-25-18-36-27(30(25)17-23-7-4-16-35-23)20-10-8-19(9-11-20)26(32)28-21-12-14-24(15-13-21)37(33,34)29-22-5-2-1-3-6-22/h1-16,27,29H,17-18H2,(H,28,32)/t27-/m0/s1. The fraction of sp³-hybridized carbons (Fsp3) is 0.111. The molecular weight excluding hydrogens is 510 g/mol. The van der Waals surface area contributed by atoms with Gasteiger partial charge in [0.25, 0.3) is 15.9 Å². The molecule has 0 radical (unpaired) electrons. The lowest BCUT2D eigenvalue weighted by Crippen LogP contribution is -2.27. The molecule has 2 N–H and O–H groups in total. The number of thioether (sulfide) groups is 1. The summed E-state index contributed by atoms with van der Waals surface area (Å²) < 4.78 is 33.1. The third-order valence-electron chi connectivity index (χ3n) is 5.78. The lowest BCUT2D eigenvalue weighted by Gasteiger charge is -2.23. The average molecular weight is 534 g/mol. The maximum atomic E-state index is 12.8. The lowest BCUT2D eigenvalue weighted by atomic mass is 10.1. The van der Waals surface area contributed by atoms with Crippen molar-refractivity contribution in [1.82, 2.24) is 4.90 Å². The van der Waals surface area contributed by atoms with Crippen molar-refractivity contribution in [2.24, 2.45) is 0 Å². The van der Waals surface area contributed by atoms with Gasteiger partial charge in [-0.05, 0) is 66.2 Å². The summed E-state index contributed by atoms with van der Waals surface area (Å²) in [6, 6.07) is 25.3. The van der Waals surface area contributed by atoms with Crippen LogP contribution in [0.25, 0.3) is 0 Å². The van der Waals surface area contributed by atoms with Gasteiger partial charge in [-0.2, -0.15) is 0 Å². The van der Waals surface area contributed by atoms with Crippen LogP contribution in [-0.4, -0.2) is 30.9 Å². The number of rotatable bonds is 8. The predicted octanol–water partition coefficient (Wildman–Crippen LogP) is 5.11. The van der Waals surface area contributed by atoms with E-state index in [2.05, 4.69) is 10.0 Å². The molecular formula is C27H23N3O5S2. The first-order chi connectivity index (χ1) is 17.9. The Hall–Kier alpha value is -4.02.